The summed E-state index contributed by atoms with van der Waals surface area (Å²) in [6.45, 7) is 1.98. The molecule has 18 heavy (non-hydrogen) atoms. The normalized spacial score (nSPS) is 10.2. The van der Waals surface area contributed by atoms with E-state index >= 15 is 0 Å². The Labute approximate surface area is 106 Å². The quantitative estimate of drug-likeness (QED) is 0.846. The zero-order chi connectivity index (χ0) is 13.1. The van der Waals surface area contributed by atoms with Crippen LogP contribution in [0.3, 0.4) is 0 Å². The van der Waals surface area contributed by atoms with Gasteiger partial charge in [0.05, 0.1) is 19.8 Å². The first-order chi connectivity index (χ1) is 8.65. The molecule has 1 N–H and O–H groups in total. The number of rotatable bonds is 3. The predicted molar refractivity (Wildman–Crippen MR) is 68.9 cm³/mol. The molecule has 0 atom stereocenters. The van der Waals surface area contributed by atoms with Crippen molar-refractivity contribution in [2.75, 3.05) is 14.2 Å². The average Bonchev–Trinajstić information content (AvgIpc) is 2.83. The van der Waals surface area contributed by atoms with E-state index in [1.165, 1.54) is 7.11 Å². The van der Waals surface area contributed by atoms with Crippen LogP contribution >= 0.6 is 0 Å². The molecule has 2 rings (SSSR count). The van der Waals surface area contributed by atoms with Crippen molar-refractivity contribution < 1.29 is 14.3 Å². The molecule has 0 bridgehead atoms. The zero-order valence-electron chi connectivity index (χ0n) is 10.6. The first kappa shape index (κ1) is 12.2. The molecule has 94 valence electrons. The van der Waals surface area contributed by atoms with E-state index in [1.54, 1.807) is 19.2 Å². The Kier molecular flexibility index (Phi) is 3.37. The van der Waals surface area contributed by atoms with E-state index in [1.807, 2.05) is 25.1 Å². The second kappa shape index (κ2) is 4.96. The van der Waals surface area contributed by atoms with E-state index in [0.29, 0.717) is 11.3 Å². The first-order valence-corrected chi connectivity index (χ1v) is 5.58. The predicted octanol–water partition coefficient (Wildman–Crippen LogP) is 2.79. The van der Waals surface area contributed by atoms with Crippen LogP contribution in [0, 0.1) is 6.92 Å². The van der Waals surface area contributed by atoms with Crippen LogP contribution in [0.4, 0.5) is 0 Å². The summed E-state index contributed by atoms with van der Waals surface area (Å²) in [5.41, 5.74) is 3.42. The standard InChI is InChI=1S/C14H15NO3/c1-9-4-7-12(15-9)11-6-5-10(14(16)18-3)8-13(11)17-2/h4-8,15H,1-3H3. The van der Waals surface area contributed by atoms with Crippen LogP contribution in [0.25, 0.3) is 11.3 Å². The highest BCUT2D eigenvalue weighted by atomic mass is 16.5. The number of carbonyl (C=O) groups is 1. The molecule has 0 amide bonds. The SMILES string of the molecule is COC(=O)c1ccc(-c2ccc(C)[nH]2)c(OC)c1. The molecule has 0 fully saturated rings. The van der Waals surface area contributed by atoms with Crippen molar-refractivity contribution in [1.29, 1.82) is 0 Å². The molecule has 1 heterocycles. The molecule has 0 aliphatic rings. The van der Waals surface area contributed by atoms with E-state index in [9.17, 15) is 4.79 Å². The molecule has 0 aliphatic carbocycles. The Morgan fingerprint density at radius 1 is 1.17 bits per heavy atom. The van der Waals surface area contributed by atoms with Gasteiger partial charge in [-0.05, 0) is 37.3 Å². The topological polar surface area (TPSA) is 51.3 Å². The van der Waals surface area contributed by atoms with Crippen LogP contribution in [0.15, 0.2) is 30.3 Å². The van der Waals surface area contributed by atoms with Gasteiger partial charge in [-0.3, -0.25) is 0 Å². The number of aromatic nitrogens is 1. The van der Waals surface area contributed by atoms with Crippen molar-refractivity contribution in [2.24, 2.45) is 0 Å². The minimum Gasteiger partial charge on any atom is -0.496 e. The number of hydrogen-bond donors (Lipinski definition) is 1. The van der Waals surface area contributed by atoms with E-state index in [0.717, 1.165) is 17.0 Å². The van der Waals surface area contributed by atoms with Crippen molar-refractivity contribution in [1.82, 2.24) is 4.98 Å². The van der Waals surface area contributed by atoms with Crippen molar-refractivity contribution in [3.05, 3.63) is 41.6 Å². The number of benzene rings is 1. The molecule has 4 nitrogen and oxygen atoms in total. The fourth-order valence-corrected chi connectivity index (χ4v) is 1.82. The number of H-pyrrole nitrogens is 1. The Bertz CT molecular complexity index is 572. The van der Waals surface area contributed by atoms with Crippen LogP contribution in [-0.4, -0.2) is 25.2 Å². The minimum absolute atomic E-state index is 0.373. The van der Waals surface area contributed by atoms with Crippen molar-refractivity contribution in [3.8, 4) is 17.0 Å². The lowest BCUT2D eigenvalue weighted by atomic mass is 10.1. The van der Waals surface area contributed by atoms with Gasteiger partial charge in [-0.25, -0.2) is 4.79 Å². The van der Waals surface area contributed by atoms with E-state index in [2.05, 4.69) is 9.72 Å². The number of methoxy groups -OCH3 is 2. The Balaban J connectivity index is 2.46. The van der Waals surface area contributed by atoms with E-state index < -0.39 is 0 Å². The summed E-state index contributed by atoms with van der Waals surface area (Å²) in [7, 11) is 2.94. The fraction of sp³-hybridized carbons (Fsp3) is 0.214. The molecule has 0 saturated heterocycles. The van der Waals surface area contributed by atoms with Gasteiger partial charge in [-0.1, -0.05) is 0 Å². The monoisotopic (exact) mass is 245 g/mol. The molecule has 0 spiro atoms. The summed E-state index contributed by atoms with van der Waals surface area (Å²) >= 11 is 0. The van der Waals surface area contributed by atoms with E-state index in [-0.39, 0.29) is 5.97 Å². The van der Waals surface area contributed by atoms with Crippen molar-refractivity contribution in [3.63, 3.8) is 0 Å². The molecular weight excluding hydrogens is 230 g/mol. The lowest BCUT2D eigenvalue weighted by Gasteiger charge is -2.09. The minimum atomic E-state index is -0.373. The summed E-state index contributed by atoms with van der Waals surface area (Å²) < 4.78 is 10.00. The van der Waals surface area contributed by atoms with Crippen LogP contribution in [0.1, 0.15) is 16.1 Å². The van der Waals surface area contributed by atoms with Gasteiger partial charge in [-0.15, -0.1) is 0 Å². The maximum absolute atomic E-state index is 11.4. The second-order valence-electron chi connectivity index (χ2n) is 3.96. The Morgan fingerprint density at radius 3 is 2.50 bits per heavy atom. The van der Waals surface area contributed by atoms with Gasteiger partial charge in [0.15, 0.2) is 0 Å². The molecule has 0 aliphatic heterocycles. The maximum atomic E-state index is 11.4. The van der Waals surface area contributed by atoms with Crippen LogP contribution in [0.5, 0.6) is 5.75 Å². The lowest BCUT2D eigenvalue weighted by Crippen LogP contribution is -2.02. The number of esters is 1. The van der Waals surface area contributed by atoms with Crippen LogP contribution in [0.2, 0.25) is 0 Å². The summed E-state index contributed by atoms with van der Waals surface area (Å²) in [6.07, 6.45) is 0. The fourth-order valence-electron chi connectivity index (χ4n) is 1.82. The molecule has 0 radical (unpaired) electrons. The lowest BCUT2D eigenvalue weighted by molar-refractivity contribution is 0.0600. The molecule has 0 saturated carbocycles. The third-order valence-electron chi connectivity index (χ3n) is 2.74. The maximum Gasteiger partial charge on any atom is 0.337 e. The number of aromatic amines is 1. The van der Waals surface area contributed by atoms with Gasteiger partial charge in [-0.2, -0.15) is 0 Å². The second-order valence-corrected chi connectivity index (χ2v) is 3.96. The molecular formula is C14H15NO3. The number of nitrogens with one attached hydrogen (secondary N) is 1. The highest BCUT2D eigenvalue weighted by Crippen LogP contribution is 2.30. The molecule has 0 unspecified atom stereocenters. The number of hydrogen-bond acceptors (Lipinski definition) is 3. The Morgan fingerprint density at radius 2 is 1.94 bits per heavy atom. The van der Waals surface area contributed by atoms with Crippen LogP contribution < -0.4 is 4.74 Å². The summed E-state index contributed by atoms with van der Waals surface area (Å²) in [5.74, 6) is 0.266. The van der Waals surface area contributed by atoms with Gasteiger partial charge in [0.1, 0.15) is 5.75 Å². The number of ether oxygens (including phenoxy) is 2. The van der Waals surface area contributed by atoms with Crippen molar-refractivity contribution in [2.45, 2.75) is 6.92 Å². The van der Waals surface area contributed by atoms with Crippen LogP contribution in [-0.2, 0) is 4.74 Å². The molecule has 4 heteroatoms. The van der Waals surface area contributed by atoms with Crippen molar-refractivity contribution >= 4 is 5.97 Å². The van der Waals surface area contributed by atoms with Gasteiger partial charge in [0, 0.05) is 17.0 Å². The average molecular weight is 245 g/mol. The number of aryl methyl sites for hydroxylation is 1. The highest BCUT2D eigenvalue weighted by Gasteiger charge is 2.12. The third-order valence-corrected chi connectivity index (χ3v) is 2.74. The largest absolute Gasteiger partial charge is 0.496 e. The molecule has 2 aromatic rings. The van der Waals surface area contributed by atoms with Gasteiger partial charge in [0.2, 0.25) is 0 Å². The molecule has 1 aromatic carbocycles. The first-order valence-electron chi connectivity index (χ1n) is 5.58. The van der Waals surface area contributed by atoms with Gasteiger partial charge in [0.25, 0.3) is 0 Å². The summed E-state index contributed by atoms with van der Waals surface area (Å²) in [5, 5.41) is 0. The third kappa shape index (κ3) is 2.22. The smallest absolute Gasteiger partial charge is 0.337 e. The zero-order valence-corrected chi connectivity index (χ0v) is 10.6. The summed E-state index contributed by atoms with van der Waals surface area (Å²) in [4.78, 5) is 14.7. The Hall–Kier alpha value is -2.23. The van der Waals surface area contributed by atoms with Gasteiger partial charge >= 0.3 is 5.97 Å². The molecule has 1 aromatic heterocycles. The number of carbonyl (C=O) groups excluding carboxylic acids is 1. The summed E-state index contributed by atoms with van der Waals surface area (Å²) in [6, 6.07) is 9.21. The van der Waals surface area contributed by atoms with Gasteiger partial charge < -0.3 is 14.5 Å². The van der Waals surface area contributed by atoms with E-state index in [4.69, 9.17) is 4.74 Å². The highest BCUT2D eigenvalue weighted by molar-refractivity contribution is 5.91.